The Morgan fingerprint density at radius 1 is 1.19 bits per heavy atom. The molecular weight excluding hydrogens is 283 g/mol. The van der Waals surface area contributed by atoms with Crippen molar-refractivity contribution in [2.24, 2.45) is 5.41 Å². The average molecular weight is 307 g/mol. The topological polar surface area (TPSA) is 35.6 Å². The summed E-state index contributed by atoms with van der Waals surface area (Å²) >= 11 is 0. The Hall–Kier alpha value is -0.820. The summed E-state index contributed by atoms with van der Waals surface area (Å²) in [6.45, 7) is 5.38. The minimum Gasteiger partial charge on any atom is -0.339 e. The lowest BCUT2D eigenvalue weighted by Gasteiger charge is -2.40. The molecule has 0 unspecified atom stereocenters. The Morgan fingerprint density at radius 3 is 2.29 bits per heavy atom. The van der Waals surface area contributed by atoms with E-state index in [-0.39, 0.29) is 18.5 Å². The van der Waals surface area contributed by atoms with E-state index in [1.807, 2.05) is 0 Å². The monoisotopic (exact) mass is 307 g/mol. The van der Waals surface area contributed by atoms with Gasteiger partial charge < -0.3 is 10.2 Å². The predicted octanol–water partition coefficient (Wildman–Crippen LogP) is 1.47. The van der Waals surface area contributed by atoms with Crippen LogP contribution in [0.25, 0.3) is 0 Å². The first-order valence-corrected chi connectivity index (χ1v) is 7.52. The zero-order valence-corrected chi connectivity index (χ0v) is 12.7. The normalized spacial score (nSPS) is 25.4. The Labute approximate surface area is 123 Å². The molecule has 2 fully saturated rings. The van der Waals surface area contributed by atoms with Gasteiger partial charge in [-0.15, -0.1) is 0 Å². The van der Waals surface area contributed by atoms with Gasteiger partial charge in [-0.25, -0.2) is 0 Å². The van der Waals surface area contributed by atoms with Gasteiger partial charge in [0.1, 0.15) is 0 Å². The van der Waals surface area contributed by atoms with Gasteiger partial charge in [-0.2, -0.15) is 13.2 Å². The molecule has 2 saturated heterocycles. The van der Waals surface area contributed by atoms with Crippen LogP contribution in [0.15, 0.2) is 0 Å². The molecule has 1 atom stereocenters. The van der Waals surface area contributed by atoms with Crippen molar-refractivity contribution in [1.82, 2.24) is 15.1 Å². The molecule has 0 radical (unpaired) electrons. The third kappa shape index (κ3) is 3.88. The van der Waals surface area contributed by atoms with Crippen LogP contribution in [-0.4, -0.2) is 67.2 Å². The third-order valence-electron chi connectivity index (χ3n) is 4.43. The number of alkyl halides is 3. The molecule has 7 heteroatoms. The van der Waals surface area contributed by atoms with Gasteiger partial charge in [0.15, 0.2) is 0 Å². The summed E-state index contributed by atoms with van der Waals surface area (Å²) in [4.78, 5) is 15.8. The number of carbonyl (C=O) groups excluding carboxylic acids is 1. The first kappa shape index (κ1) is 16.5. The van der Waals surface area contributed by atoms with Crippen LogP contribution in [0, 0.1) is 5.41 Å². The minimum absolute atomic E-state index is 0.0137. The maximum atomic E-state index is 12.9. The molecule has 122 valence electrons. The van der Waals surface area contributed by atoms with E-state index in [4.69, 9.17) is 0 Å². The van der Waals surface area contributed by atoms with Gasteiger partial charge in [0.05, 0.1) is 11.5 Å². The third-order valence-corrected chi connectivity index (χ3v) is 4.43. The second-order valence-electron chi connectivity index (χ2n) is 6.63. The maximum Gasteiger partial charge on any atom is 0.395 e. The van der Waals surface area contributed by atoms with Crippen molar-refractivity contribution in [1.29, 1.82) is 0 Å². The van der Waals surface area contributed by atoms with E-state index in [1.54, 1.807) is 9.80 Å². The lowest BCUT2D eigenvalue weighted by atomic mass is 9.91. The number of amides is 1. The van der Waals surface area contributed by atoms with Crippen molar-refractivity contribution in [2.45, 2.75) is 38.9 Å². The predicted molar refractivity (Wildman–Crippen MR) is 73.9 cm³/mol. The Morgan fingerprint density at radius 2 is 1.81 bits per heavy atom. The van der Waals surface area contributed by atoms with Crippen LogP contribution in [-0.2, 0) is 4.79 Å². The number of rotatable bonds is 3. The molecule has 1 N–H and O–H groups in total. The van der Waals surface area contributed by atoms with Crippen LogP contribution < -0.4 is 5.32 Å². The van der Waals surface area contributed by atoms with Gasteiger partial charge in [0.25, 0.3) is 0 Å². The SMILES string of the molecule is CC(C)(CN1CCN(C(=O)[C@@H]2CCCN2)CC1)C(F)(F)F. The Bertz CT molecular complexity index is 370. The average Bonchev–Trinajstić information content (AvgIpc) is 2.91. The first-order valence-electron chi connectivity index (χ1n) is 7.52. The highest BCUT2D eigenvalue weighted by atomic mass is 19.4. The number of nitrogens with one attached hydrogen (secondary N) is 1. The summed E-state index contributed by atoms with van der Waals surface area (Å²) in [5.41, 5.74) is -1.72. The van der Waals surface area contributed by atoms with Gasteiger partial charge in [-0.1, -0.05) is 0 Å². The fourth-order valence-corrected chi connectivity index (χ4v) is 2.89. The number of carbonyl (C=O) groups is 1. The number of hydrogen-bond donors (Lipinski definition) is 1. The Kier molecular flexibility index (Phi) is 4.82. The summed E-state index contributed by atoms with van der Waals surface area (Å²) in [5, 5.41) is 3.17. The largest absolute Gasteiger partial charge is 0.395 e. The van der Waals surface area contributed by atoms with Crippen LogP contribution in [0.2, 0.25) is 0 Å². The number of halogens is 3. The molecule has 0 aliphatic carbocycles. The molecule has 4 nitrogen and oxygen atoms in total. The highest BCUT2D eigenvalue weighted by Crippen LogP contribution is 2.38. The molecule has 2 rings (SSSR count). The number of hydrogen-bond acceptors (Lipinski definition) is 3. The molecular formula is C14H24F3N3O. The number of piperazine rings is 1. The van der Waals surface area contributed by atoms with Crippen molar-refractivity contribution < 1.29 is 18.0 Å². The molecule has 0 spiro atoms. The standard InChI is InChI=1S/C14H24F3N3O/c1-13(2,14(15,16)17)10-19-6-8-20(9-7-19)12(21)11-4-3-5-18-11/h11,18H,3-10H2,1-2H3/t11-/m0/s1. The quantitative estimate of drug-likeness (QED) is 0.858. The molecule has 2 aliphatic heterocycles. The van der Waals surface area contributed by atoms with E-state index in [9.17, 15) is 18.0 Å². The molecule has 21 heavy (non-hydrogen) atoms. The molecule has 2 aliphatic rings. The van der Waals surface area contributed by atoms with E-state index in [0.29, 0.717) is 26.2 Å². The van der Waals surface area contributed by atoms with Crippen molar-refractivity contribution in [2.75, 3.05) is 39.3 Å². The van der Waals surface area contributed by atoms with Gasteiger partial charge in [-0.05, 0) is 33.2 Å². The molecule has 0 bridgehead atoms. The highest BCUT2D eigenvalue weighted by molar-refractivity contribution is 5.82. The molecule has 0 saturated carbocycles. The van der Waals surface area contributed by atoms with Gasteiger partial charge >= 0.3 is 6.18 Å². The maximum absolute atomic E-state index is 12.9. The van der Waals surface area contributed by atoms with E-state index in [0.717, 1.165) is 19.4 Å². The Balaban J connectivity index is 1.82. The zero-order valence-electron chi connectivity index (χ0n) is 12.7. The lowest BCUT2D eigenvalue weighted by molar-refractivity contribution is -0.217. The van der Waals surface area contributed by atoms with Gasteiger partial charge in [-0.3, -0.25) is 9.69 Å². The molecule has 0 aromatic rings. The molecule has 0 aromatic heterocycles. The molecule has 2 heterocycles. The zero-order chi connectivity index (χ0) is 15.7. The van der Waals surface area contributed by atoms with E-state index in [1.165, 1.54) is 13.8 Å². The second-order valence-corrected chi connectivity index (χ2v) is 6.63. The van der Waals surface area contributed by atoms with E-state index in [2.05, 4.69) is 5.32 Å². The lowest BCUT2D eigenvalue weighted by Crippen LogP contribution is -2.55. The fourth-order valence-electron chi connectivity index (χ4n) is 2.89. The van der Waals surface area contributed by atoms with E-state index >= 15 is 0 Å². The van der Waals surface area contributed by atoms with Crippen LogP contribution in [0.5, 0.6) is 0 Å². The van der Waals surface area contributed by atoms with Crippen LogP contribution in [0.1, 0.15) is 26.7 Å². The summed E-state index contributed by atoms with van der Waals surface area (Å²) < 4.78 is 38.7. The smallest absolute Gasteiger partial charge is 0.339 e. The first-order chi connectivity index (χ1) is 9.71. The van der Waals surface area contributed by atoms with Crippen molar-refractivity contribution in [3.8, 4) is 0 Å². The second kappa shape index (κ2) is 6.12. The summed E-state index contributed by atoms with van der Waals surface area (Å²) in [7, 11) is 0. The highest BCUT2D eigenvalue weighted by Gasteiger charge is 2.48. The van der Waals surface area contributed by atoms with Crippen molar-refractivity contribution in [3.05, 3.63) is 0 Å². The molecule has 0 aromatic carbocycles. The summed E-state index contributed by atoms with van der Waals surface area (Å²) in [6.07, 6.45) is -2.33. The van der Waals surface area contributed by atoms with Crippen LogP contribution >= 0.6 is 0 Å². The summed E-state index contributed by atoms with van der Waals surface area (Å²) in [5.74, 6) is 0.0993. The number of nitrogens with zero attached hydrogens (tertiary/aromatic N) is 2. The molecule has 1 amide bonds. The van der Waals surface area contributed by atoms with Crippen molar-refractivity contribution >= 4 is 5.91 Å². The van der Waals surface area contributed by atoms with Gasteiger partial charge in [0, 0.05) is 32.7 Å². The fraction of sp³-hybridized carbons (Fsp3) is 0.929. The van der Waals surface area contributed by atoms with Crippen LogP contribution in [0.3, 0.4) is 0 Å². The minimum atomic E-state index is -4.20. The van der Waals surface area contributed by atoms with E-state index < -0.39 is 11.6 Å². The summed E-state index contributed by atoms with van der Waals surface area (Å²) in [6, 6.07) is -0.0943. The van der Waals surface area contributed by atoms with Crippen molar-refractivity contribution in [3.63, 3.8) is 0 Å². The van der Waals surface area contributed by atoms with Gasteiger partial charge in [0.2, 0.25) is 5.91 Å². The van der Waals surface area contributed by atoms with Crippen LogP contribution in [0.4, 0.5) is 13.2 Å².